The number of fused-ring (bicyclic) bond motifs is 1. The monoisotopic (exact) mass is 114 g/mol. The first-order valence-corrected chi connectivity index (χ1v) is 2.84. The average Bonchev–Trinajstić information content (AvgIpc) is 2.15. The molecule has 0 aliphatic carbocycles. The Morgan fingerprint density at radius 2 is 1.88 bits per heavy atom. The maximum absolute atomic E-state index is 5.14. The van der Waals surface area contributed by atoms with Crippen molar-refractivity contribution in [2.24, 2.45) is 0 Å². The molecule has 0 aromatic carbocycles. The van der Waals surface area contributed by atoms with Crippen molar-refractivity contribution in [1.29, 1.82) is 0 Å². The molecule has 3 rings (SSSR count). The van der Waals surface area contributed by atoms with Crippen LogP contribution in [-0.2, 0) is 14.2 Å². The Kier molecular flexibility index (Phi) is 0.355. The molecule has 0 amide bonds. The standard InChI is InChI=1S/C5H6O3/c1-2-3(6-2)5-4(7-5)8-5/h2-4H,1H3. The summed E-state index contributed by atoms with van der Waals surface area (Å²) >= 11 is 0. The molecule has 44 valence electrons. The summed E-state index contributed by atoms with van der Waals surface area (Å²) in [5.41, 5.74) is 0. The summed E-state index contributed by atoms with van der Waals surface area (Å²) in [7, 11) is 0. The van der Waals surface area contributed by atoms with Crippen LogP contribution >= 0.6 is 0 Å². The molecule has 0 spiro atoms. The van der Waals surface area contributed by atoms with E-state index >= 15 is 0 Å². The fourth-order valence-corrected chi connectivity index (χ4v) is 1.15. The van der Waals surface area contributed by atoms with Crippen molar-refractivity contribution in [2.45, 2.75) is 31.2 Å². The van der Waals surface area contributed by atoms with Crippen LogP contribution < -0.4 is 0 Å². The summed E-state index contributed by atoms with van der Waals surface area (Å²) in [6, 6.07) is 0. The van der Waals surface area contributed by atoms with Crippen molar-refractivity contribution in [1.82, 2.24) is 0 Å². The molecule has 3 fully saturated rings. The maximum atomic E-state index is 5.14. The molecule has 0 N–H and O–H groups in total. The van der Waals surface area contributed by atoms with E-state index in [1.807, 2.05) is 6.92 Å². The van der Waals surface area contributed by atoms with Gasteiger partial charge in [-0.1, -0.05) is 0 Å². The summed E-state index contributed by atoms with van der Waals surface area (Å²) in [5, 5.41) is 0. The van der Waals surface area contributed by atoms with E-state index in [-0.39, 0.29) is 18.2 Å². The van der Waals surface area contributed by atoms with Crippen molar-refractivity contribution in [2.75, 3.05) is 0 Å². The van der Waals surface area contributed by atoms with Crippen LogP contribution in [0.5, 0.6) is 0 Å². The number of hydrogen-bond donors (Lipinski definition) is 0. The molecule has 3 heteroatoms. The SMILES string of the molecule is CC1OC1C12OC1O2. The Morgan fingerprint density at radius 3 is 2.00 bits per heavy atom. The molecular formula is C5H6O3. The lowest BCUT2D eigenvalue weighted by Gasteiger charge is -1.89. The van der Waals surface area contributed by atoms with Gasteiger partial charge in [0, 0.05) is 0 Å². The zero-order chi connectivity index (χ0) is 5.35. The molecule has 0 saturated carbocycles. The van der Waals surface area contributed by atoms with Gasteiger partial charge in [-0.2, -0.15) is 0 Å². The lowest BCUT2D eigenvalue weighted by Crippen LogP contribution is -2.09. The largest absolute Gasteiger partial charge is 0.364 e. The molecular weight excluding hydrogens is 108 g/mol. The van der Waals surface area contributed by atoms with Gasteiger partial charge in [0.15, 0.2) is 0 Å². The maximum Gasteiger partial charge on any atom is 0.255 e. The van der Waals surface area contributed by atoms with E-state index in [9.17, 15) is 0 Å². The molecule has 0 aromatic heterocycles. The minimum atomic E-state index is -0.223. The molecule has 3 heterocycles. The summed E-state index contributed by atoms with van der Waals surface area (Å²) < 4.78 is 15.2. The molecule has 8 heavy (non-hydrogen) atoms. The quantitative estimate of drug-likeness (QED) is 0.445. The van der Waals surface area contributed by atoms with Gasteiger partial charge >= 0.3 is 0 Å². The fraction of sp³-hybridized carbons (Fsp3) is 1.00. The van der Waals surface area contributed by atoms with E-state index in [4.69, 9.17) is 14.2 Å². The van der Waals surface area contributed by atoms with E-state index in [1.165, 1.54) is 0 Å². The van der Waals surface area contributed by atoms with E-state index < -0.39 is 0 Å². The van der Waals surface area contributed by atoms with Gasteiger partial charge in [0.2, 0.25) is 6.29 Å². The van der Waals surface area contributed by atoms with E-state index in [2.05, 4.69) is 0 Å². The second-order valence-electron chi connectivity index (χ2n) is 2.55. The van der Waals surface area contributed by atoms with Gasteiger partial charge < -0.3 is 14.2 Å². The molecule has 3 aliphatic rings. The van der Waals surface area contributed by atoms with Gasteiger partial charge in [0.25, 0.3) is 5.79 Å². The molecule has 0 aromatic rings. The van der Waals surface area contributed by atoms with Gasteiger partial charge in [-0.05, 0) is 6.92 Å². The first-order valence-electron chi connectivity index (χ1n) is 2.84. The molecule has 2 unspecified atom stereocenters. The Bertz CT molecular complexity index is 150. The molecule has 0 bridgehead atoms. The van der Waals surface area contributed by atoms with Crippen LogP contribution in [0, 0.1) is 0 Å². The topological polar surface area (TPSA) is 37.6 Å². The van der Waals surface area contributed by atoms with Crippen molar-refractivity contribution < 1.29 is 14.2 Å². The summed E-state index contributed by atoms with van der Waals surface area (Å²) in [5.74, 6) is -0.223. The molecule has 2 atom stereocenters. The number of ether oxygens (including phenoxy) is 3. The summed E-state index contributed by atoms with van der Waals surface area (Å²) in [6.45, 7) is 2.03. The van der Waals surface area contributed by atoms with Crippen molar-refractivity contribution in [3.63, 3.8) is 0 Å². The third-order valence-electron chi connectivity index (χ3n) is 1.90. The highest BCUT2D eigenvalue weighted by atomic mass is 17.0. The van der Waals surface area contributed by atoms with E-state index in [1.54, 1.807) is 0 Å². The highest BCUT2D eigenvalue weighted by Gasteiger charge is 2.86. The van der Waals surface area contributed by atoms with Gasteiger partial charge in [-0.25, -0.2) is 0 Å². The minimum absolute atomic E-state index is 0.109. The lowest BCUT2D eigenvalue weighted by atomic mass is 10.3. The van der Waals surface area contributed by atoms with Crippen molar-refractivity contribution in [3.05, 3.63) is 0 Å². The first-order chi connectivity index (χ1) is 3.83. The Hall–Kier alpha value is -0.120. The van der Waals surface area contributed by atoms with Gasteiger partial charge in [-0.15, -0.1) is 0 Å². The smallest absolute Gasteiger partial charge is 0.255 e. The summed E-state index contributed by atoms with van der Waals surface area (Å²) in [4.78, 5) is 0. The van der Waals surface area contributed by atoms with Crippen molar-refractivity contribution >= 4 is 0 Å². The van der Waals surface area contributed by atoms with Crippen LogP contribution in [-0.4, -0.2) is 24.3 Å². The van der Waals surface area contributed by atoms with Crippen molar-refractivity contribution in [3.8, 4) is 0 Å². The number of epoxide rings is 3. The normalized spacial score (nSPS) is 73.9. The second-order valence-corrected chi connectivity index (χ2v) is 2.55. The lowest BCUT2D eigenvalue weighted by molar-refractivity contribution is -0.0613. The van der Waals surface area contributed by atoms with Gasteiger partial charge in [0.05, 0.1) is 6.10 Å². The van der Waals surface area contributed by atoms with Gasteiger partial charge in [0.1, 0.15) is 6.10 Å². The van der Waals surface area contributed by atoms with E-state index in [0.717, 1.165) is 0 Å². The minimum Gasteiger partial charge on any atom is -0.364 e. The van der Waals surface area contributed by atoms with Gasteiger partial charge in [-0.3, -0.25) is 0 Å². The third kappa shape index (κ3) is 0.246. The molecule has 3 aliphatic heterocycles. The fourth-order valence-electron chi connectivity index (χ4n) is 1.15. The average molecular weight is 114 g/mol. The molecule has 3 nitrogen and oxygen atoms in total. The second kappa shape index (κ2) is 0.744. The molecule has 0 radical (unpaired) electrons. The summed E-state index contributed by atoms with van der Waals surface area (Å²) in [6.07, 6.45) is 0.729. The third-order valence-corrected chi connectivity index (χ3v) is 1.90. The zero-order valence-electron chi connectivity index (χ0n) is 4.46. The number of rotatable bonds is 1. The zero-order valence-corrected chi connectivity index (χ0v) is 4.46. The van der Waals surface area contributed by atoms with Crippen LogP contribution in [0.15, 0.2) is 0 Å². The highest BCUT2D eigenvalue weighted by molar-refractivity contribution is 5.15. The Morgan fingerprint density at radius 1 is 1.38 bits per heavy atom. The van der Waals surface area contributed by atoms with Crippen LogP contribution in [0.1, 0.15) is 6.92 Å². The first kappa shape index (κ1) is 3.82. The van der Waals surface area contributed by atoms with Crippen LogP contribution in [0.4, 0.5) is 0 Å². The Labute approximate surface area is 46.5 Å². The van der Waals surface area contributed by atoms with Crippen LogP contribution in [0.2, 0.25) is 0 Å². The van der Waals surface area contributed by atoms with Crippen LogP contribution in [0.3, 0.4) is 0 Å². The van der Waals surface area contributed by atoms with E-state index in [0.29, 0.717) is 6.10 Å². The highest BCUT2D eigenvalue weighted by Crippen LogP contribution is 2.63. The van der Waals surface area contributed by atoms with Crippen LogP contribution in [0.25, 0.3) is 0 Å². The number of hydrogen-bond acceptors (Lipinski definition) is 3. The molecule has 3 saturated heterocycles. The Balaban J connectivity index is 1.84. The predicted molar refractivity (Wildman–Crippen MR) is 23.0 cm³/mol. The predicted octanol–water partition coefficient (Wildman–Crippen LogP) is -0.144.